The van der Waals surface area contributed by atoms with Crippen LogP contribution in [-0.4, -0.2) is 44.6 Å². The lowest BCUT2D eigenvalue weighted by atomic mass is 10.4. The Morgan fingerprint density at radius 3 is 2.65 bits per heavy atom. The molecule has 98 valence electrons. The van der Waals surface area contributed by atoms with E-state index in [0.29, 0.717) is 19.7 Å². The van der Waals surface area contributed by atoms with Crippen LogP contribution in [0.5, 0.6) is 0 Å². The predicted octanol–water partition coefficient (Wildman–Crippen LogP) is -0.249. The van der Waals surface area contributed by atoms with Gasteiger partial charge in [0.05, 0.1) is 6.61 Å². The van der Waals surface area contributed by atoms with Gasteiger partial charge in [0, 0.05) is 46.2 Å². The van der Waals surface area contributed by atoms with E-state index in [1.807, 2.05) is 0 Å². The number of nitrogens with two attached hydrogens (primary N) is 1. The third kappa shape index (κ3) is 3.06. The van der Waals surface area contributed by atoms with Crippen LogP contribution in [0.1, 0.15) is 5.69 Å². The van der Waals surface area contributed by atoms with Crippen LogP contribution in [0.25, 0.3) is 0 Å². The zero-order valence-corrected chi connectivity index (χ0v) is 11.2. The lowest BCUT2D eigenvalue weighted by molar-refractivity contribution is 0.185. The van der Waals surface area contributed by atoms with Gasteiger partial charge in [-0.05, 0) is 6.07 Å². The van der Waals surface area contributed by atoms with Crippen molar-refractivity contribution < 1.29 is 13.2 Å². The number of ether oxygens (including phenoxy) is 1. The molecule has 0 bridgehead atoms. The van der Waals surface area contributed by atoms with Crippen LogP contribution in [0.4, 0.5) is 0 Å². The number of methoxy groups -OCH3 is 1. The van der Waals surface area contributed by atoms with Crippen LogP contribution >= 0.6 is 0 Å². The highest BCUT2D eigenvalue weighted by atomic mass is 32.2. The highest BCUT2D eigenvalue weighted by molar-refractivity contribution is 7.89. The highest BCUT2D eigenvalue weighted by Gasteiger charge is 2.22. The zero-order chi connectivity index (χ0) is 13.1. The van der Waals surface area contributed by atoms with E-state index in [1.54, 1.807) is 23.9 Å². The van der Waals surface area contributed by atoms with E-state index in [2.05, 4.69) is 0 Å². The number of nitrogens with zero attached hydrogens (tertiary/aromatic N) is 2. The normalized spacial score (nSPS) is 12.3. The van der Waals surface area contributed by atoms with Crippen molar-refractivity contribution in [3.8, 4) is 0 Å². The molecule has 0 fully saturated rings. The van der Waals surface area contributed by atoms with Gasteiger partial charge in [-0.2, -0.15) is 4.31 Å². The summed E-state index contributed by atoms with van der Waals surface area (Å²) in [5.41, 5.74) is 6.30. The summed E-state index contributed by atoms with van der Waals surface area (Å²) in [6.45, 7) is 1.01. The topological polar surface area (TPSA) is 77.6 Å². The number of hydrogen-bond donors (Lipinski definition) is 1. The summed E-state index contributed by atoms with van der Waals surface area (Å²) in [5.74, 6) is 0. The van der Waals surface area contributed by atoms with E-state index < -0.39 is 10.0 Å². The molecule has 0 saturated heterocycles. The standard InChI is InChI=1S/C10H19N3O3S/c1-12-8-10(6-9(12)7-11)17(14,15)13(2)4-5-16-3/h6,8H,4-5,7,11H2,1-3H3. The maximum Gasteiger partial charge on any atom is 0.244 e. The summed E-state index contributed by atoms with van der Waals surface area (Å²) < 4.78 is 32.1. The molecule has 1 rings (SSSR count). The average Bonchev–Trinajstić information content (AvgIpc) is 2.67. The van der Waals surface area contributed by atoms with Crippen molar-refractivity contribution in [1.29, 1.82) is 0 Å². The molecule has 0 atom stereocenters. The first-order valence-corrected chi connectivity index (χ1v) is 6.68. The van der Waals surface area contributed by atoms with E-state index in [4.69, 9.17) is 10.5 Å². The third-order valence-corrected chi connectivity index (χ3v) is 4.43. The van der Waals surface area contributed by atoms with Crippen molar-refractivity contribution >= 4 is 10.0 Å². The van der Waals surface area contributed by atoms with Crippen LogP contribution in [0.2, 0.25) is 0 Å². The maximum atomic E-state index is 12.1. The maximum absolute atomic E-state index is 12.1. The van der Waals surface area contributed by atoms with Gasteiger partial charge in [0.25, 0.3) is 0 Å². The van der Waals surface area contributed by atoms with Crippen molar-refractivity contribution in [1.82, 2.24) is 8.87 Å². The molecule has 0 aromatic carbocycles. The minimum absolute atomic E-state index is 0.263. The summed E-state index contributed by atoms with van der Waals surface area (Å²) in [5, 5.41) is 0. The van der Waals surface area contributed by atoms with Crippen molar-refractivity contribution in [2.24, 2.45) is 12.8 Å². The van der Waals surface area contributed by atoms with Gasteiger partial charge < -0.3 is 15.0 Å². The summed E-state index contributed by atoms with van der Waals surface area (Å²) in [4.78, 5) is 0.263. The SMILES string of the molecule is COCCN(C)S(=O)(=O)c1cc(CN)n(C)c1. The molecule has 0 aliphatic carbocycles. The lowest BCUT2D eigenvalue weighted by Gasteiger charge is -2.15. The van der Waals surface area contributed by atoms with Gasteiger partial charge in [-0.3, -0.25) is 0 Å². The summed E-state index contributed by atoms with van der Waals surface area (Å²) in [6.07, 6.45) is 1.57. The molecule has 0 aliphatic heterocycles. The largest absolute Gasteiger partial charge is 0.383 e. The smallest absolute Gasteiger partial charge is 0.244 e. The van der Waals surface area contributed by atoms with Gasteiger partial charge in [-0.15, -0.1) is 0 Å². The second-order valence-electron chi connectivity index (χ2n) is 3.80. The Balaban J connectivity index is 2.96. The first kappa shape index (κ1) is 14.2. The van der Waals surface area contributed by atoms with E-state index in [9.17, 15) is 8.42 Å². The Bertz CT molecular complexity index is 467. The fourth-order valence-corrected chi connectivity index (χ4v) is 2.69. The number of aryl methyl sites for hydroxylation is 1. The molecule has 0 unspecified atom stereocenters. The molecule has 6 nitrogen and oxygen atoms in total. The van der Waals surface area contributed by atoms with Gasteiger partial charge in [0.1, 0.15) is 4.90 Å². The molecular formula is C10H19N3O3S. The van der Waals surface area contributed by atoms with Crippen molar-refractivity contribution in [2.75, 3.05) is 27.3 Å². The highest BCUT2D eigenvalue weighted by Crippen LogP contribution is 2.16. The second-order valence-corrected chi connectivity index (χ2v) is 5.85. The molecule has 2 N–H and O–H groups in total. The minimum atomic E-state index is -3.45. The van der Waals surface area contributed by atoms with Crippen LogP contribution in [0.15, 0.2) is 17.2 Å². The molecule has 0 saturated carbocycles. The quantitative estimate of drug-likeness (QED) is 0.766. The number of likely N-dealkylation sites (N-methyl/N-ethyl adjacent to an activating group) is 1. The van der Waals surface area contributed by atoms with Gasteiger partial charge in [0.2, 0.25) is 10.0 Å². The van der Waals surface area contributed by atoms with Gasteiger partial charge in [-0.25, -0.2) is 8.42 Å². The molecular weight excluding hydrogens is 242 g/mol. The fourth-order valence-electron chi connectivity index (χ4n) is 1.44. The van der Waals surface area contributed by atoms with Gasteiger partial charge >= 0.3 is 0 Å². The van der Waals surface area contributed by atoms with Crippen LogP contribution in [0.3, 0.4) is 0 Å². The average molecular weight is 261 g/mol. The van der Waals surface area contributed by atoms with E-state index in [-0.39, 0.29) is 4.90 Å². The number of hydrogen-bond acceptors (Lipinski definition) is 4. The molecule has 1 heterocycles. The minimum Gasteiger partial charge on any atom is -0.383 e. The molecule has 0 radical (unpaired) electrons. The Morgan fingerprint density at radius 1 is 1.53 bits per heavy atom. The molecule has 17 heavy (non-hydrogen) atoms. The van der Waals surface area contributed by atoms with Gasteiger partial charge in [0.15, 0.2) is 0 Å². The Kier molecular flexibility index (Phi) is 4.70. The molecule has 0 spiro atoms. The summed E-state index contributed by atoms with van der Waals surface area (Å²) in [7, 11) is 1.40. The third-order valence-electron chi connectivity index (χ3n) is 2.61. The fraction of sp³-hybridized carbons (Fsp3) is 0.600. The Hall–Kier alpha value is -0.890. The van der Waals surface area contributed by atoms with Gasteiger partial charge in [-0.1, -0.05) is 0 Å². The van der Waals surface area contributed by atoms with Crippen molar-refractivity contribution in [2.45, 2.75) is 11.4 Å². The Labute approximate surface area is 102 Å². The zero-order valence-electron chi connectivity index (χ0n) is 10.4. The van der Waals surface area contributed by atoms with Crippen molar-refractivity contribution in [3.05, 3.63) is 18.0 Å². The number of sulfonamides is 1. The second kappa shape index (κ2) is 5.63. The first-order valence-electron chi connectivity index (χ1n) is 5.24. The monoisotopic (exact) mass is 261 g/mol. The molecule has 0 amide bonds. The first-order chi connectivity index (χ1) is 7.93. The summed E-state index contributed by atoms with van der Waals surface area (Å²) >= 11 is 0. The molecule has 7 heteroatoms. The number of aromatic nitrogens is 1. The van der Waals surface area contributed by atoms with Crippen LogP contribution in [-0.2, 0) is 28.4 Å². The lowest BCUT2D eigenvalue weighted by Crippen LogP contribution is -2.29. The Morgan fingerprint density at radius 2 is 2.18 bits per heavy atom. The van der Waals surface area contributed by atoms with E-state index in [0.717, 1.165) is 5.69 Å². The predicted molar refractivity (Wildman–Crippen MR) is 65.0 cm³/mol. The molecule has 1 aromatic heterocycles. The summed E-state index contributed by atoms with van der Waals surface area (Å²) in [6, 6.07) is 1.60. The molecule has 1 aromatic rings. The van der Waals surface area contributed by atoms with E-state index in [1.165, 1.54) is 18.5 Å². The molecule has 0 aliphatic rings. The van der Waals surface area contributed by atoms with Crippen LogP contribution in [0, 0.1) is 0 Å². The van der Waals surface area contributed by atoms with Crippen molar-refractivity contribution in [3.63, 3.8) is 0 Å². The number of rotatable bonds is 6. The van der Waals surface area contributed by atoms with E-state index >= 15 is 0 Å². The van der Waals surface area contributed by atoms with Crippen LogP contribution < -0.4 is 5.73 Å².